The van der Waals surface area contributed by atoms with Gasteiger partial charge in [-0.1, -0.05) is 0 Å². The third kappa shape index (κ3) is 3.08. The predicted molar refractivity (Wildman–Crippen MR) is 70.0 cm³/mol. The van der Waals surface area contributed by atoms with Gasteiger partial charge in [-0.15, -0.1) is 0 Å². The fourth-order valence-electron chi connectivity index (χ4n) is 1.48. The van der Waals surface area contributed by atoms with Gasteiger partial charge in [-0.2, -0.15) is 0 Å². The fourth-order valence-corrected chi connectivity index (χ4v) is 1.48. The van der Waals surface area contributed by atoms with Crippen molar-refractivity contribution in [3.05, 3.63) is 54.0 Å². The molecule has 2 heterocycles. The molecule has 0 aromatic carbocycles. The van der Waals surface area contributed by atoms with Crippen LogP contribution in [0.25, 0.3) is 0 Å². The average Bonchev–Trinajstić information content (AvgIpc) is 2.53. The van der Waals surface area contributed by atoms with E-state index in [1.165, 1.54) is 25.6 Å². The predicted octanol–water partition coefficient (Wildman–Crippen LogP) is 0.560. The first-order chi connectivity index (χ1) is 9.72. The number of ether oxygens (including phenoxy) is 1. The van der Waals surface area contributed by atoms with E-state index < -0.39 is 11.8 Å². The quantitative estimate of drug-likeness (QED) is 0.796. The van der Waals surface area contributed by atoms with E-state index in [-0.39, 0.29) is 11.4 Å². The van der Waals surface area contributed by atoms with Crippen LogP contribution in [0.3, 0.4) is 0 Å². The Morgan fingerprint density at radius 3 is 2.55 bits per heavy atom. The molecular formula is C13H12N4O3. The van der Waals surface area contributed by atoms with Crippen LogP contribution in [0.1, 0.15) is 20.7 Å². The van der Waals surface area contributed by atoms with E-state index in [4.69, 9.17) is 4.74 Å². The highest BCUT2D eigenvalue weighted by Gasteiger charge is 2.13. The molecule has 0 atom stereocenters. The van der Waals surface area contributed by atoms with Gasteiger partial charge in [0.25, 0.3) is 11.8 Å². The lowest BCUT2D eigenvalue weighted by Crippen LogP contribution is -2.41. The van der Waals surface area contributed by atoms with Crippen LogP contribution >= 0.6 is 0 Å². The first-order valence-corrected chi connectivity index (χ1v) is 5.72. The summed E-state index contributed by atoms with van der Waals surface area (Å²) in [5, 5.41) is 0. The number of methoxy groups -OCH3 is 1. The molecule has 2 aromatic heterocycles. The molecule has 0 fully saturated rings. The molecule has 0 spiro atoms. The summed E-state index contributed by atoms with van der Waals surface area (Å²) >= 11 is 0. The number of aromatic nitrogens is 2. The van der Waals surface area contributed by atoms with Gasteiger partial charge in [0.15, 0.2) is 0 Å². The summed E-state index contributed by atoms with van der Waals surface area (Å²) < 4.78 is 4.96. The van der Waals surface area contributed by atoms with Crippen molar-refractivity contribution >= 4 is 11.8 Å². The minimum Gasteiger partial charge on any atom is -0.480 e. The number of hydrazine groups is 1. The lowest BCUT2D eigenvalue weighted by molar-refractivity contribution is 0.0844. The molecule has 0 saturated carbocycles. The van der Waals surface area contributed by atoms with E-state index in [9.17, 15) is 9.59 Å². The Balaban J connectivity index is 2.01. The number of amides is 2. The Hall–Kier alpha value is -2.96. The Labute approximate surface area is 115 Å². The van der Waals surface area contributed by atoms with Crippen molar-refractivity contribution in [3.8, 4) is 5.88 Å². The zero-order chi connectivity index (χ0) is 14.4. The first kappa shape index (κ1) is 13.5. The second-order valence-electron chi connectivity index (χ2n) is 3.71. The van der Waals surface area contributed by atoms with Gasteiger partial charge in [0.2, 0.25) is 5.88 Å². The van der Waals surface area contributed by atoms with Gasteiger partial charge in [-0.3, -0.25) is 25.4 Å². The summed E-state index contributed by atoms with van der Waals surface area (Å²) in [6, 6.07) is 6.35. The van der Waals surface area contributed by atoms with Crippen molar-refractivity contribution in [2.45, 2.75) is 0 Å². The van der Waals surface area contributed by atoms with Crippen molar-refractivity contribution < 1.29 is 14.3 Å². The van der Waals surface area contributed by atoms with Crippen molar-refractivity contribution in [2.75, 3.05) is 7.11 Å². The number of carbonyl (C=O) groups is 2. The second kappa shape index (κ2) is 6.28. The smallest absolute Gasteiger partial charge is 0.275 e. The Bertz CT molecular complexity index is 616. The van der Waals surface area contributed by atoms with Crippen LogP contribution in [-0.4, -0.2) is 28.9 Å². The van der Waals surface area contributed by atoms with E-state index >= 15 is 0 Å². The van der Waals surface area contributed by atoms with E-state index in [0.29, 0.717) is 5.56 Å². The molecule has 20 heavy (non-hydrogen) atoms. The number of carbonyl (C=O) groups excluding carboxylic acids is 2. The highest BCUT2D eigenvalue weighted by Crippen LogP contribution is 2.12. The van der Waals surface area contributed by atoms with Crippen LogP contribution < -0.4 is 15.6 Å². The maximum absolute atomic E-state index is 11.9. The van der Waals surface area contributed by atoms with Crippen molar-refractivity contribution in [1.29, 1.82) is 0 Å². The zero-order valence-electron chi connectivity index (χ0n) is 10.7. The number of hydrogen-bond donors (Lipinski definition) is 2. The summed E-state index contributed by atoms with van der Waals surface area (Å²) in [5.74, 6) is -0.804. The molecule has 2 aromatic rings. The highest BCUT2D eigenvalue weighted by atomic mass is 16.5. The second-order valence-corrected chi connectivity index (χ2v) is 3.71. The number of nitrogens with zero attached hydrogens (tertiary/aromatic N) is 2. The standard InChI is InChI=1S/C13H12N4O3/c1-20-13-10(5-3-7-15-13)12(19)17-16-11(18)9-4-2-6-14-8-9/h2-8H,1H3,(H,16,18)(H,17,19). The number of rotatable bonds is 3. The molecule has 7 heteroatoms. The molecule has 0 radical (unpaired) electrons. The molecule has 2 amide bonds. The van der Waals surface area contributed by atoms with Crippen molar-refractivity contribution in [1.82, 2.24) is 20.8 Å². The van der Waals surface area contributed by atoms with Gasteiger partial charge >= 0.3 is 0 Å². The van der Waals surface area contributed by atoms with Gasteiger partial charge in [0.1, 0.15) is 5.56 Å². The van der Waals surface area contributed by atoms with Crippen LogP contribution in [0.15, 0.2) is 42.9 Å². The van der Waals surface area contributed by atoms with Crippen LogP contribution in [0.5, 0.6) is 5.88 Å². The lowest BCUT2D eigenvalue weighted by atomic mass is 10.2. The average molecular weight is 272 g/mol. The normalized spacial score (nSPS) is 9.65. The highest BCUT2D eigenvalue weighted by molar-refractivity contribution is 5.99. The molecular weight excluding hydrogens is 260 g/mol. The molecule has 0 aliphatic carbocycles. The molecule has 0 aliphatic heterocycles. The van der Waals surface area contributed by atoms with Crippen molar-refractivity contribution in [3.63, 3.8) is 0 Å². The van der Waals surface area contributed by atoms with E-state index in [1.54, 1.807) is 24.4 Å². The Kier molecular flexibility index (Phi) is 4.23. The summed E-state index contributed by atoms with van der Waals surface area (Å²) in [6.07, 6.45) is 4.45. The van der Waals surface area contributed by atoms with E-state index in [1.807, 2.05) is 0 Å². The fraction of sp³-hybridized carbons (Fsp3) is 0.0769. The third-order valence-corrected chi connectivity index (χ3v) is 2.42. The van der Waals surface area contributed by atoms with Gasteiger partial charge < -0.3 is 4.74 Å². The van der Waals surface area contributed by atoms with Crippen molar-refractivity contribution in [2.24, 2.45) is 0 Å². The van der Waals surface area contributed by atoms with Gasteiger partial charge in [-0.25, -0.2) is 4.98 Å². The topological polar surface area (TPSA) is 93.2 Å². The summed E-state index contributed by atoms with van der Waals surface area (Å²) in [4.78, 5) is 31.3. The van der Waals surface area contributed by atoms with Crippen LogP contribution in [-0.2, 0) is 0 Å². The Morgan fingerprint density at radius 1 is 1.10 bits per heavy atom. The first-order valence-electron chi connectivity index (χ1n) is 5.72. The molecule has 102 valence electrons. The van der Waals surface area contributed by atoms with Gasteiger partial charge in [0, 0.05) is 18.6 Å². The summed E-state index contributed by atoms with van der Waals surface area (Å²) in [7, 11) is 1.41. The summed E-state index contributed by atoms with van der Waals surface area (Å²) in [6.45, 7) is 0. The number of hydrogen-bond acceptors (Lipinski definition) is 5. The number of pyridine rings is 2. The number of nitrogens with one attached hydrogen (secondary N) is 2. The largest absolute Gasteiger partial charge is 0.480 e. The molecule has 0 saturated heterocycles. The molecule has 2 rings (SSSR count). The maximum Gasteiger partial charge on any atom is 0.275 e. The van der Waals surface area contributed by atoms with Gasteiger partial charge in [-0.05, 0) is 24.3 Å². The molecule has 2 N–H and O–H groups in total. The maximum atomic E-state index is 11.9. The molecule has 0 bridgehead atoms. The van der Waals surface area contributed by atoms with Crippen LogP contribution in [0.4, 0.5) is 0 Å². The monoisotopic (exact) mass is 272 g/mol. The lowest BCUT2D eigenvalue weighted by Gasteiger charge is -2.09. The Morgan fingerprint density at radius 2 is 1.85 bits per heavy atom. The molecule has 0 aliphatic rings. The van der Waals surface area contributed by atoms with Crippen LogP contribution in [0.2, 0.25) is 0 Å². The zero-order valence-corrected chi connectivity index (χ0v) is 10.7. The SMILES string of the molecule is COc1ncccc1C(=O)NNC(=O)c1cccnc1. The summed E-state index contributed by atoms with van der Waals surface area (Å²) in [5.41, 5.74) is 5.13. The van der Waals surface area contributed by atoms with Crippen LogP contribution in [0, 0.1) is 0 Å². The molecule has 0 unspecified atom stereocenters. The third-order valence-electron chi connectivity index (χ3n) is 2.42. The van der Waals surface area contributed by atoms with Gasteiger partial charge in [0.05, 0.1) is 12.7 Å². The minimum atomic E-state index is -0.521. The van der Waals surface area contributed by atoms with E-state index in [2.05, 4.69) is 20.8 Å². The molecule has 7 nitrogen and oxygen atoms in total. The minimum absolute atomic E-state index is 0.181. The van der Waals surface area contributed by atoms with E-state index in [0.717, 1.165) is 0 Å².